The highest BCUT2D eigenvalue weighted by atomic mass is 32.5. The second kappa shape index (κ2) is 12.9. The molecule has 0 unspecified atom stereocenters. The first-order valence-electron chi connectivity index (χ1n) is 9.17. The second-order valence-electron chi connectivity index (χ2n) is 5.73. The number of hydrogen-bond acceptors (Lipinski definition) is 6. The lowest BCUT2D eigenvalue weighted by atomic mass is 10.1. The molecule has 24 heavy (non-hydrogen) atoms. The summed E-state index contributed by atoms with van der Waals surface area (Å²) in [5, 5.41) is 3.92. The van der Waals surface area contributed by atoms with Gasteiger partial charge in [0.05, 0.1) is 13.2 Å². The quantitative estimate of drug-likeness (QED) is 0.275. The van der Waals surface area contributed by atoms with Gasteiger partial charge in [-0.15, -0.1) is 0 Å². The van der Waals surface area contributed by atoms with Crippen molar-refractivity contribution in [1.82, 2.24) is 5.16 Å². The van der Waals surface area contributed by atoms with E-state index in [1.807, 2.05) is 13.8 Å². The molecule has 0 saturated carbocycles. The number of aromatic nitrogens is 1. The molecule has 1 heterocycles. The van der Waals surface area contributed by atoms with E-state index in [0.717, 1.165) is 18.6 Å². The molecule has 0 radical (unpaired) electrons. The van der Waals surface area contributed by atoms with Gasteiger partial charge in [0, 0.05) is 24.3 Å². The van der Waals surface area contributed by atoms with Crippen LogP contribution in [-0.2, 0) is 27.3 Å². The molecular formula is C17H32NO4PS. The third-order valence-electron chi connectivity index (χ3n) is 3.59. The molecule has 0 aliphatic heterocycles. The molecule has 0 fully saturated rings. The summed E-state index contributed by atoms with van der Waals surface area (Å²) in [5.41, 5.74) is 0. The van der Waals surface area contributed by atoms with E-state index in [1.54, 1.807) is 6.07 Å². The van der Waals surface area contributed by atoms with Gasteiger partial charge in [-0.3, -0.25) is 9.05 Å². The van der Waals surface area contributed by atoms with Gasteiger partial charge in [0.2, 0.25) is 0 Å². The summed E-state index contributed by atoms with van der Waals surface area (Å²) in [5.74, 6) is 1.18. The van der Waals surface area contributed by atoms with Gasteiger partial charge in [0.1, 0.15) is 5.76 Å². The highest BCUT2D eigenvalue weighted by Gasteiger charge is 2.23. The third kappa shape index (κ3) is 9.16. The molecule has 1 rings (SSSR count). The minimum absolute atomic E-state index is 0.356. The van der Waals surface area contributed by atoms with Crippen LogP contribution < -0.4 is 4.52 Å². The molecule has 1 aromatic rings. The topological polar surface area (TPSA) is 53.7 Å². The van der Waals surface area contributed by atoms with Crippen LogP contribution in [0.4, 0.5) is 0 Å². The Labute approximate surface area is 151 Å². The summed E-state index contributed by atoms with van der Waals surface area (Å²) in [6.07, 6.45) is 11.2. The molecular weight excluding hydrogens is 345 g/mol. The van der Waals surface area contributed by atoms with E-state index in [4.69, 9.17) is 29.9 Å². The van der Waals surface area contributed by atoms with Crippen LogP contribution in [0.5, 0.6) is 5.88 Å². The summed E-state index contributed by atoms with van der Waals surface area (Å²) in [7, 11) is 0. The fourth-order valence-electron chi connectivity index (χ4n) is 2.41. The average molecular weight is 377 g/mol. The number of nitrogens with zero attached hydrogens (tertiary/aromatic N) is 1. The molecule has 0 aliphatic rings. The fraction of sp³-hybridized carbons (Fsp3) is 0.824. The molecule has 140 valence electrons. The molecule has 0 saturated heterocycles. The maximum atomic E-state index is 5.62. The molecule has 0 spiro atoms. The molecule has 0 aliphatic carbocycles. The van der Waals surface area contributed by atoms with Crippen molar-refractivity contribution in [2.75, 3.05) is 13.2 Å². The standard InChI is InChI=1S/C17H32NO4PS/c1-4-7-8-9-10-11-12-13-14-16-15-17(18-21-16)22-23(24,19-5-2)20-6-3/h15H,4-14H2,1-3H3. The van der Waals surface area contributed by atoms with Crippen LogP contribution in [0.25, 0.3) is 0 Å². The first-order valence-corrected chi connectivity index (χ1v) is 11.7. The van der Waals surface area contributed by atoms with Crippen LogP contribution in [0.15, 0.2) is 10.6 Å². The maximum absolute atomic E-state index is 5.62. The van der Waals surface area contributed by atoms with E-state index in [9.17, 15) is 0 Å². The third-order valence-corrected chi connectivity index (χ3v) is 6.01. The lowest BCUT2D eigenvalue weighted by molar-refractivity contribution is 0.212. The first-order chi connectivity index (χ1) is 11.6. The van der Waals surface area contributed by atoms with Crippen molar-refractivity contribution in [3.8, 4) is 5.88 Å². The van der Waals surface area contributed by atoms with E-state index in [1.165, 1.54) is 44.9 Å². The van der Waals surface area contributed by atoms with Crippen molar-refractivity contribution in [2.45, 2.75) is 78.6 Å². The Hall–Kier alpha value is -0.420. The largest absolute Gasteiger partial charge is 0.402 e. The van der Waals surface area contributed by atoms with E-state index < -0.39 is 6.72 Å². The van der Waals surface area contributed by atoms with Crippen LogP contribution in [0.1, 0.15) is 77.9 Å². The van der Waals surface area contributed by atoms with Crippen LogP contribution >= 0.6 is 6.72 Å². The van der Waals surface area contributed by atoms with Crippen molar-refractivity contribution in [2.24, 2.45) is 0 Å². The Kier molecular flexibility index (Phi) is 11.6. The van der Waals surface area contributed by atoms with Crippen LogP contribution in [0.3, 0.4) is 0 Å². The number of rotatable bonds is 15. The number of unbranched alkanes of at least 4 members (excludes halogenated alkanes) is 7. The smallest absolute Gasteiger partial charge is 0.381 e. The highest BCUT2D eigenvalue weighted by Crippen LogP contribution is 2.49. The Morgan fingerprint density at radius 3 is 2.12 bits per heavy atom. The Morgan fingerprint density at radius 1 is 0.958 bits per heavy atom. The SMILES string of the molecule is CCCCCCCCCCc1cc(OP(=S)(OCC)OCC)no1. The molecule has 7 heteroatoms. The summed E-state index contributed by atoms with van der Waals surface area (Å²) < 4.78 is 21.8. The predicted molar refractivity (Wildman–Crippen MR) is 101 cm³/mol. The van der Waals surface area contributed by atoms with E-state index in [2.05, 4.69) is 12.1 Å². The van der Waals surface area contributed by atoms with Crippen LogP contribution in [-0.4, -0.2) is 18.4 Å². The molecule has 0 atom stereocenters. The minimum atomic E-state index is -2.77. The van der Waals surface area contributed by atoms with E-state index >= 15 is 0 Å². The van der Waals surface area contributed by atoms with Crippen molar-refractivity contribution in [3.05, 3.63) is 11.8 Å². The van der Waals surface area contributed by atoms with Crippen molar-refractivity contribution in [1.29, 1.82) is 0 Å². The normalized spacial score (nSPS) is 11.8. The number of aryl methyl sites for hydroxylation is 1. The summed E-state index contributed by atoms with van der Waals surface area (Å²) >= 11 is 5.32. The highest BCUT2D eigenvalue weighted by molar-refractivity contribution is 8.07. The maximum Gasteiger partial charge on any atom is 0.381 e. The van der Waals surface area contributed by atoms with Crippen LogP contribution in [0, 0.1) is 0 Å². The van der Waals surface area contributed by atoms with Gasteiger partial charge in [-0.05, 0) is 25.4 Å². The Morgan fingerprint density at radius 2 is 1.54 bits per heavy atom. The monoisotopic (exact) mass is 377 g/mol. The van der Waals surface area contributed by atoms with Gasteiger partial charge in [-0.25, -0.2) is 0 Å². The van der Waals surface area contributed by atoms with Gasteiger partial charge in [0.15, 0.2) is 0 Å². The Bertz CT molecular complexity index is 471. The molecule has 0 amide bonds. The van der Waals surface area contributed by atoms with Crippen molar-refractivity contribution in [3.63, 3.8) is 0 Å². The van der Waals surface area contributed by atoms with E-state index in [-0.39, 0.29) is 0 Å². The molecule has 0 aromatic carbocycles. The lowest BCUT2D eigenvalue weighted by Gasteiger charge is -2.18. The van der Waals surface area contributed by atoms with Crippen LogP contribution in [0.2, 0.25) is 0 Å². The predicted octanol–water partition coefficient (Wildman–Crippen LogP) is 6.03. The first kappa shape index (κ1) is 21.6. The Balaban J connectivity index is 2.26. The summed E-state index contributed by atoms with van der Waals surface area (Å²) in [6.45, 7) is 4.09. The van der Waals surface area contributed by atoms with E-state index in [0.29, 0.717) is 19.1 Å². The number of hydrogen-bond donors (Lipinski definition) is 0. The summed E-state index contributed by atoms with van der Waals surface area (Å²) in [6, 6.07) is 1.79. The average Bonchev–Trinajstić information content (AvgIpc) is 2.97. The zero-order chi connectivity index (χ0) is 17.7. The molecule has 0 bridgehead atoms. The van der Waals surface area contributed by atoms with Gasteiger partial charge in [-0.2, -0.15) is 0 Å². The summed E-state index contributed by atoms with van der Waals surface area (Å²) in [4.78, 5) is 0. The molecule has 5 nitrogen and oxygen atoms in total. The van der Waals surface area contributed by atoms with Crippen molar-refractivity contribution < 1.29 is 18.1 Å². The van der Waals surface area contributed by atoms with Gasteiger partial charge in [0.25, 0.3) is 5.88 Å². The second-order valence-corrected chi connectivity index (χ2v) is 8.67. The molecule has 1 aromatic heterocycles. The van der Waals surface area contributed by atoms with Gasteiger partial charge in [-0.1, -0.05) is 51.9 Å². The van der Waals surface area contributed by atoms with Crippen molar-refractivity contribution >= 4 is 18.5 Å². The minimum Gasteiger partial charge on any atom is -0.402 e. The lowest BCUT2D eigenvalue weighted by Crippen LogP contribution is -2.02. The van der Waals surface area contributed by atoms with Gasteiger partial charge < -0.3 is 9.05 Å². The zero-order valence-electron chi connectivity index (χ0n) is 15.3. The molecule has 0 N–H and O–H groups in total. The van der Waals surface area contributed by atoms with Gasteiger partial charge >= 0.3 is 6.72 Å². The fourth-order valence-corrected chi connectivity index (χ4v) is 4.40. The zero-order valence-corrected chi connectivity index (χ0v) is 17.0.